The van der Waals surface area contributed by atoms with Crippen molar-refractivity contribution in [2.75, 3.05) is 25.5 Å². The van der Waals surface area contributed by atoms with E-state index in [0.29, 0.717) is 24.2 Å². The Bertz CT molecular complexity index is 1260. The molecule has 1 saturated heterocycles. The maximum atomic E-state index is 12.8. The van der Waals surface area contributed by atoms with Gasteiger partial charge < -0.3 is 19.9 Å². The Labute approximate surface area is 196 Å². The fourth-order valence-corrected chi connectivity index (χ4v) is 5.51. The Balaban J connectivity index is 1.15. The number of urea groups is 1. The lowest BCUT2D eigenvalue weighted by Crippen LogP contribution is -2.67. The molecule has 1 aliphatic heterocycles. The predicted octanol–water partition coefficient (Wildman–Crippen LogP) is 4.37. The van der Waals surface area contributed by atoms with E-state index in [1.165, 1.54) is 23.5 Å². The van der Waals surface area contributed by atoms with E-state index in [4.69, 9.17) is 0 Å². The number of fused-ring (bicyclic) bond motifs is 1. The van der Waals surface area contributed by atoms with Crippen LogP contribution in [0.1, 0.15) is 28.8 Å². The lowest BCUT2D eigenvalue weighted by atomic mass is 9.60. The van der Waals surface area contributed by atoms with Gasteiger partial charge in [-0.3, -0.25) is 4.79 Å². The van der Waals surface area contributed by atoms with Crippen LogP contribution in [-0.4, -0.2) is 63.9 Å². The topological polar surface area (TPSA) is 79.2 Å². The molecule has 0 bridgehead atoms. The molecule has 1 aliphatic carbocycles. The molecule has 0 unspecified atom stereocenters. The average Bonchev–Trinajstić information content (AvgIpc) is 3.30. The molecule has 3 heterocycles. The number of likely N-dealkylation sites (tertiary alicyclic amines) is 1. The van der Waals surface area contributed by atoms with Gasteiger partial charge in [0.1, 0.15) is 10.6 Å². The maximum absolute atomic E-state index is 12.8. The smallest absolute Gasteiger partial charge is 0.406 e. The van der Waals surface area contributed by atoms with Crippen LogP contribution in [0, 0.1) is 12.3 Å². The maximum Gasteiger partial charge on any atom is 0.573 e. The fourth-order valence-electron chi connectivity index (χ4n) is 4.73. The van der Waals surface area contributed by atoms with Crippen molar-refractivity contribution < 1.29 is 27.5 Å². The van der Waals surface area contributed by atoms with Crippen LogP contribution < -0.4 is 10.1 Å². The van der Waals surface area contributed by atoms with Crippen molar-refractivity contribution in [1.29, 1.82) is 0 Å². The molecule has 8 nitrogen and oxygen atoms in total. The van der Waals surface area contributed by atoms with Crippen molar-refractivity contribution in [2.45, 2.75) is 32.2 Å². The Morgan fingerprint density at radius 1 is 1.29 bits per heavy atom. The van der Waals surface area contributed by atoms with E-state index in [1.807, 2.05) is 16.5 Å². The molecule has 1 aromatic carbocycles. The summed E-state index contributed by atoms with van der Waals surface area (Å²) >= 11 is 1.47. The summed E-state index contributed by atoms with van der Waals surface area (Å²) in [6, 6.07) is 3.41. The molecule has 2 fully saturated rings. The SMILES string of the molecule is Cc1ccc(OC(F)(F)F)cc1NC(=O)N(C)C1CC2(C1)CN(C(=O)c1cnn3ccsc13)C2. The molecule has 0 radical (unpaired) electrons. The highest BCUT2D eigenvalue weighted by molar-refractivity contribution is 7.15. The zero-order valence-electron chi connectivity index (χ0n) is 18.4. The molecule has 3 aromatic rings. The van der Waals surface area contributed by atoms with Gasteiger partial charge in [0.05, 0.1) is 11.8 Å². The quantitative estimate of drug-likeness (QED) is 0.586. The number of nitrogens with one attached hydrogen (secondary N) is 1. The van der Waals surface area contributed by atoms with Gasteiger partial charge in [0.2, 0.25) is 0 Å². The van der Waals surface area contributed by atoms with E-state index in [-0.39, 0.29) is 23.1 Å². The van der Waals surface area contributed by atoms with E-state index in [0.717, 1.165) is 23.7 Å². The van der Waals surface area contributed by atoms with Crippen LogP contribution in [0.5, 0.6) is 5.75 Å². The normalized spacial score (nSPS) is 17.4. The van der Waals surface area contributed by atoms with Crippen molar-refractivity contribution >= 4 is 33.8 Å². The van der Waals surface area contributed by atoms with Gasteiger partial charge in [-0.2, -0.15) is 5.10 Å². The van der Waals surface area contributed by atoms with Gasteiger partial charge in [0, 0.05) is 54.9 Å². The van der Waals surface area contributed by atoms with Gasteiger partial charge in [-0.1, -0.05) is 6.07 Å². The van der Waals surface area contributed by atoms with Crippen LogP contribution in [0.2, 0.25) is 0 Å². The number of carbonyl (C=O) groups excluding carboxylic acids is 2. The molecule has 1 saturated carbocycles. The number of hydrogen-bond acceptors (Lipinski definition) is 5. The number of carbonyl (C=O) groups is 2. The molecule has 5 rings (SSSR count). The number of halogens is 3. The van der Waals surface area contributed by atoms with E-state index >= 15 is 0 Å². The largest absolute Gasteiger partial charge is 0.573 e. The predicted molar refractivity (Wildman–Crippen MR) is 119 cm³/mol. The van der Waals surface area contributed by atoms with Crippen LogP contribution >= 0.6 is 11.3 Å². The number of amides is 3. The zero-order valence-corrected chi connectivity index (χ0v) is 19.2. The highest BCUT2D eigenvalue weighted by atomic mass is 32.1. The number of ether oxygens (including phenoxy) is 1. The first-order chi connectivity index (χ1) is 16.0. The highest BCUT2D eigenvalue weighted by Crippen LogP contribution is 2.50. The number of hydrogen-bond donors (Lipinski definition) is 1. The first-order valence-electron chi connectivity index (χ1n) is 10.6. The number of alkyl halides is 3. The second-order valence-electron chi connectivity index (χ2n) is 9.00. The Morgan fingerprint density at radius 3 is 2.74 bits per heavy atom. The van der Waals surface area contributed by atoms with Crippen molar-refractivity contribution in [3.63, 3.8) is 0 Å². The van der Waals surface area contributed by atoms with Crippen molar-refractivity contribution in [2.24, 2.45) is 5.41 Å². The summed E-state index contributed by atoms with van der Waals surface area (Å²) in [6.07, 6.45) is 0.128. The first kappa shape index (κ1) is 22.5. The van der Waals surface area contributed by atoms with E-state index in [2.05, 4.69) is 15.2 Å². The van der Waals surface area contributed by atoms with Gasteiger partial charge in [0.25, 0.3) is 5.91 Å². The number of rotatable bonds is 4. The minimum absolute atomic E-state index is 0.00692. The molecule has 34 heavy (non-hydrogen) atoms. The third-order valence-electron chi connectivity index (χ3n) is 6.59. The van der Waals surface area contributed by atoms with Gasteiger partial charge >= 0.3 is 12.4 Å². The third-order valence-corrected chi connectivity index (χ3v) is 7.48. The van der Waals surface area contributed by atoms with E-state index in [1.54, 1.807) is 29.6 Å². The number of thiazole rings is 1. The average molecular weight is 494 g/mol. The van der Waals surface area contributed by atoms with Crippen molar-refractivity contribution in [3.8, 4) is 5.75 Å². The van der Waals surface area contributed by atoms with Crippen LogP contribution in [0.15, 0.2) is 36.0 Å². The molecule has 1 spiro atoms. The van der Waals surface area contributed by atoms with Gasteiger partial charge in [-0.15, -0.1) is 24.5 Å². The number of anilines is 1. The standard InChI is InChI=1S/C22H22F3N5O3S/c1-13-3-4-15(33-22(23,24)25)7-17(13)27-20(32)28(2)14-8-21(9-14)11-29(12-21)18(31)16-10-26-30-5-6-34-19(16)30/h3-7,10,14H,8-9,11-12H2,1-2H3,(H,27,32). The summed E-state index contributed by atoms with van der Waals surface area (Å²) in [5.74, 6) is -0.426. The highest BCUT2D eigenvalue weighted by Gasteiger charge is 2.55. The minimum Gasteiger partial charge on any atom is -0.406 e. The number of aromatic nitrogens is 2. The fraction of sp³-hybridized carbons (Fsp3) is 0.409. The van der Waals surface area contributed by atoms with Crippen molar-refractivity contribution in [1.82, 2.24) is 19.4 Å². The summed E-state index contributed by atoms with van der Waals surface area (Å²) < 4.78 is 43.1. The monoisotopic (exact) mass is 493 g/mol. The lowest BCUT2D eigenvalue weighted by molar-refractivity contribution is -0.274. The van der Waals surface area contributed by atoms with Gasteiger partial charge in [-0.05, 0) is 31.4 Å². The summed E-state index contributed by atoms with van der Waals surface area (Å²) in [5.41, 5.74) is 1.49. The van der Waals surface area contributed by atoms with Crippen LogP contribution in [0.3, 0.4) is 0 Å². The number of nitrogens with zero attached hydrogens (tertiary/aromatic N) is 4. The first-order valence-corrected chi connectivity index (χ1v) is 11.5. The molecule has 3 amide bonds. The van der Waals surface area contributed by atoms with Crippen molar-refractivity contribution in [3.05, 3.63) is 47.1 Å². The lowest BCUT2D eigenvalue weighted by Gasteiger charge is -2.60. The summed E-state index contributed by atoms with van der Waals surface area (Å²) in [4.78, 5) is 29.7. The Morgan fingerprint density at radius 2 is 2.03 bits per heavy atom. The van der Waals surface area contributed by atoms with Gasteiger partial charge in [-0.25, -0.2) is 9.31 Å². The van der Waals surface area contributed by atoms with E-state index in [9.17, 15) is 22.8 Å². The van der Waals surface area contributed by atoms with Crippen LogP contribution in [0.25, 0.3) is 4.83 Å². The minimum atomic E-state index is -4.81. The molecular formula is C22H22F3N5O3S. The molecule has 0 atom stereocenters. The second-order valence-corrected chi connectivity index (χ2v) is 9.89. The Hall–Kier alpha value is -3.28. The third kappa shape index (κ3) is 4.06. The summed E-state index contributed by atoms with van der Waals surface area (Å²) in [5, 5.41) is 8.75. The van der Waals surface area contributed by atoms with Gasteiger partial charge in [0.15, 0.2) is 0 Å². The molecule has 12 heteroatoms. The Kier molecular flexibility index (Phi) is 5.23. The summed E-state index contributed by atoms with van der Waals surface area (Å²) in [7, 11) is 1.67. The molecule has 1 N–H and O–H groups in total. The summed E-state index contributed by atoms with van der Waals surface area (Å²) in [6.45, 7) is 2.96. The molecule has 180 valence electrons. The van der Waals surface area contributed by atoms with Crippen LogP contribution in [0.4, 0.5) is 23.7 Å². The zero-order chi connectivity index (χ0) is 24.3. The molecule has 2 aromatic heterocycles. The van der Waals surface area contributed by atoms with E-state index < -0.39 is 18.1 Å². The second kappa shape index (κ2) is 7.90. The number of benzene rings is 1. The van der Waals surface area contributed by atoms with Crippen LogP contribution in [-0.2, 0) is 0 Å². The number of aryl methyl sites for hydroxylation is 1. The molecule has 2 aliphatic rings. The molecular weight excluding hydrogens is 471 g/mol.